The summed E-state index contributed by atoms with van der Waals surface area (Å²) in [5.74, 6) is -1.69. The summed E-state index contributed by atoms with van der Waals surface area (Å²) in [5.41, 5.74) is 0.957. The molecule has 162 valence electrons. The average Bonchev–Trinajstić information content (AvgIpc) is 3.02. The van der Waals surface area contributed by atoms with E-state index in [4.69, 9.17) is 9.47 Å². The SMILES string of the molecule is COc1ccccc1CCNC(=O)COC(=O)[C@H](C)N1C(=O)[C@H]2CCCC[C@@H]2C1=O. The minimum atomic E-state index is -1.03. The van der Waals surface area contributed by atoms with Crippen molar-refractivity contribution in [2.45, 2.75) is 45.1 Å². The molecule has 0 aromatic heterocycles. The minimum absolute atomic E-state index is 0.296. The fourth-order valence-corrected chi connectivity index (χ4v) is 4.23. The molecule has 1 aromatic carbocycles. The topological polar surface area (TPSA) is 102 Å². The molecule has 1 aliphatic carbocycles. The van der Waals surface area contributed by atoms with Crippen LogP contribution in [0.4, 0.5) is 0 Å². The highest BCUT2D eigenvalue weighted by Gasteiger charge is 2.51. The van der Waals surface area contributed by atoms with E-state index < -0.39 is 24.5 Å². The quantitative estimate of drug-likeness (QED) is 0.509. The Morgan fingerprint density at radius 2 is 1.77 bits per heavy atom. The Morgan fingerprint density at radius 1 is 1.13 bits per heavy atom. The molecule has 0 radical (unpaired) electrons. The van der Waals surface area contributed by atoms with E-state index in [0.29, 0.717) is 25.8 Å². The number of nitrogens with zero attached hydrogens (tertiary/aromatic N) is 1. The molecule has 0 unspecified atom stereocenters. The largest absolute Gasteiger partial charge is 0.496 e. The van der Waals surface area contributed by atoms with Gasteiger partial charge in [-0.15, -0.1) is 0 Å². The first-order chi connectivity index (χ1) is 14.4. The van der Waals surface area contributed by atoms with Crippen LogP contribution in [0.5, 0.6) is 5.75 Å². The molecular formula is C22H28N2O6. The first kappa shape index (κ1) is 21.8. The van der Waals surface area contributed by atoms with Crippen LogP contribution >= 0.6 is 0 Å². The van der Waals surface area contributed by atoms with E-state index in [1.54, 1.807) is 7.11 Å². The van der Waals surface area contributed by atoms with Crippen LogP contribution in [0.15, 0.2) is 24.3 Å². The Balaban J connectivity index is 1.45. The van der Waals surface area contributed by atoms with Crippen LogP contribution < -0.4 is 10.1 Å². The molecule has 2 aliphatic rings. The zero-order valence-electron chi connectivity index (χ0n) is 17.4. The fraction of sp³-hybridized carbons (Fsp3) is 0.545. The molecule has 1 heterocycles. The van der Waals surface area contributed by atoms with Gasteiger partial charge in [-0.2, -0.15) is 0 Å². The lowest BCUT2D eigenvalue weighted by molar-refractivity contribution is -0.159. The van der Waals surface area contributed by atoms with Crippen LogP contribution in [-0.4, -0.2) is 54.9 Å². The van der Waals surface area contributed by atoms with Crippen molar-refractivity contribution in [3.05, 3.63) is 29.8 Å². The number of nitrogens with one attached hydrogen (secondary N) is 1. The van der Waals surface area contributed by atoms with Gasteiger partial charge in [0.05, 0.1) is 18.9 Å². The minimum Gasteiger partial charge on any atom is -0.496 e. The second kappa shape index (κ2) is 9.73. The van der Waals surface area contributed by atoms with Crippen LogP contribution in [-0.2, 0) is 30.3 Å². The van der Waals surface area contributed by atoms with Crippen molar-refractivity contribution in [3.63, 3.8) is 0 Å². The number of amides is 3. The number of imide groups is 1. The molecule has 3 atom stereocenters. The second-order valence-corrected chi connectivity index (χ2v) is 7.74. The molecule has 0 bridgehead atoms. The number of carbonyl (C=O) groups is 4. The fourth-order valence-electron chi connectivity index (χ4n) is 4.23. The number of carbonyl (C=O) groups excluding carboxylic acids is 4. The van der Waals surface area contributed by atoms with Gasteiger partial charge in [0.2, 0.25) is 11.8 Å². The highest BCUT2D eigenvalue weighted by atomic mass is 16.5. The Kier molecular flexibility index (Phi) is 7.07. The number of likely N-dealkylation sites (tertiary alicyclic amines) is 1. The van der Waals surface area contributed by atoms with Crippen LogP contribution in [0, 0.1) is 11.8 Å². The number of hydrogen-bond acceptors (Lipinski definition) is 6. The third kappa shape index (κ3) is 4.63. The van der Waals surface area contributed by atoms with Gasteiger partial charge in [-0.05, 0) is 37.8 Å². The first-order valence-corrected chi connectivity index (χ1v) is 10.4. The van der Waals surface area contributed by atoms with Crippen molar-refractivity contribution in [2.24, 2.45) is 11.8 Å². The molecule has 8 nitrogen and oxygen atoms in total. The molecule has 0 spiro atoms. The lowest BCUT2D eigenvalue weighted by Crippen LogP contribution is -2.45. The van der Waals surface area contributed by atoms with Crippen molar-refractivity contribution >= 4 is 23.7 Å². The van der Waals surface area contributed by atoms with Gasteiger partial charge in [0.15, 0.2) is 6.61 Å². The zero-order chi connectivity index (χ0) is 21.7. The van der Waals surface area contributed by atoms with Crippen molar-refractivity contribution in [1.82, 2.24) is 10.2 Å². The van der Waals surface area contributed by atoms with Crippen molar-refractivity contribution in [1.29, 1.82) is 0 Å². The van der Waals surface area contributed by atoms with E-state index in [9.17, 15) is 19.2 Å². The molecule has 8 heteroatoms. The lowest BCUT2D eigenvalue weighted by Gasteiger charge is -2.21. The van der Waals surface area contributed by atoms with Gasteiger partial charge >= 0.3 is 5.97 Å². The number of methoxy groups -OCH3 is 1. The molecule has 1 aliphatic heterocycles. The number of ether oxygens (including phenoxy) is 2. The Bertz CT molecular complexity index is 800. The summed E-state index contributed by atoms with van der Waals surface area (Å²) in [7, 11) is 1.59. The van der Waals surface area contributed by atoms with E-state index >= 15 is 0 Å². The first-order valence-electron chi connectivity index (χ1n) is 10.4. The van der Waals surface area contributed by atoms with Crippen LogP contribution in [0.1, 0.15) is 38.2 Å². The van der Waals surface area contributed by atoms with Crippen LogP contribution in [0.2, 0.25) is 0 Å². The Labute approximate surface area is 175 Å². The standard InChI is InChI=1S/C22H28N2O6/c1-14(24-20(26)16-8-4-5-9-17(16)21(24)27)22(28)30-13-19(25)23-12-11-15-7-3-6-10-18(15)29-2/h3,6-7,10,14,16-17H,4-5,8-9,11-13H2,1-2H3,(H,23,25)/t14-,16-,17-/m0/s1. The van der Waals surface area contributed by atoms with Gasteiger partial charge in [-0.25, -0.2) is 4.79 Å². The van der Waals surface area contributed by atoms with Gasteiger partial charge in [-0.3, -0.25) is 19.3 Å². The van der Waals surface area contributed by atoms with E-state index in [1.807, 2.05) is 24.3 Å². The Hall–Kier alpha value is -2.90. The van der Waals surface area contributed by atoms with Crippen molar-refractivity contribution in [2.75, 3.05) is 20.3 Å². The van der Waals surface area contributed by atoms with Crippen LogP contribution in [0.3, 0.4) is 0 Å². The number of hydrogen-bond donors (Lipinski definition) is 1. The normalized spacial score (nSPS) is 21.7. The zero-order valence-corrected chi connectivity index (χ0v) is 17.4. The van der Waals surface area contributed by atoms with Crippen molar-refractivity contribution in [3.8, 4) is 5.75 Å². The highest BCUT2D eigenvalue weighted by Crippen LogP contribution is 2.38. The Morgan fingerprint density at radius 3 is 2.40 bits per heavy atom. The maximum Gasteiger partial charge on any atom is 0.329 e. The van der Waals surface area contributed by atoms with Crippen LogP contribution in [0.25, 0.3) is 0 Å². The predicted octanol–water partition coefficient (Wildman–Crippen LogP) is 1.46. The third-order valence-corrected chi connectivity index (χ3v) is 5.86. The summed E-state index contributed by atoms with van der Waals surface area (Å²) in [5, 5.41) is 2.69. The van der Waals surface area contributed by atoms with Gasteiger partial charge in [-0.1, -0.05) is 31.0 Å². The molecule has 30 heavy (non-hydrogen) atoms. The molecule has 2 fully saturated rings. The number of rotatable bonds is 8. The highest BCUT2D eigenvalue weighted by molar-refractivity contribution is 6.07. The van der Waals surface area contributed by atoms with Gasteiger partial charge < -0.3 is 14.8 Å². The van der Waals surface area contributed by atoms with E-state index in [2.05, 4.69) is 5.32 Å². The molecule has 3 amide bonds. The number of fused-ring (bicyclic) bond motifs is 1. The van der Waals surface area contributed by atoms with Gasteiger partial charge in [0.1, 0.15) is 11.8 Å². The number of esters is 1. The van der Waals surface area contributed by atoms with Crippen molar-refractivity contribution < 1.29 is 28.7 Å². The maximum atomic E-state index is 12.6. The summed E-state index contributed by atoms with van der Waals surface area (Å²) in [6, 6.07) is 6.48. The maximum absolute atomic E-state index is 12.6. The molecule has 1 aromatic rings. The summed E-state index contributed by atoms with van der Waals surface area (Å²) in [6.07, 6.45) is 3.77. The summed E-state index contributed by atoms with van der Waals surface area (Å²) < 4.78 is 10.3. The average molecular weight is 416 g/mol. The second-order valence-electron chi connectivity index (χ2n) is 7.74. The molecule has 1 N–H and O–H groups in total. The summed E-state index contributed by atoms with van der Waals surface area (Å²) in [6.45, 7) is 1.37. The smallest absolute Gasteiger partial charge is 0.329 e. The monoisotopic (exact) mass is 416 g/mol. The van der Waals surface area contributed by atoms with Gasteiger partial charge in [0, 0.05) is 6.54 Å². The number of para-hydroxylation sites is 1. The van der Waals surface area contributed by atoms with E-state index in [-0.39, 0.29) is 23.7 Å². The lowest BCUT2D eigenvalue weighted by atomic mass is 9.81. The summed E-state index contributed by atoms with van der Waals surface area (Å²) >= 11 is 0. The van der Waals surface area contributed by atoms with E-state index in [0.717, 1.165) is 29.1 Å². The summed E-state index contributed by atoms with van der Waals surface area (Å²) in [4.78, 5) is 50.5. The third-order valence-electron chi connectivity index (χ3n) is 5.86. The van der Waals surface area contributed by atoms with E-state index in [1.165, 1.54) is 6.92 Å². The van der Waals surface area contributed by atoms with Gasteiger partial charge in [0.25, 0.3) is 5.91 Å². The predicted molar refractivity (Wildman–Crippen MR) is 107 cm³/mol. The molecule has 3 rings (SSSR count). The molecule has 1 saturated heterocycles. The number of benzene rings is 1. The molecular weight excluding hydrogens is 388 g/mol. The molecule has 1 saturated carbocycles.